The molecule has 0 aliphatic carbocycles. The Balaban J connectivity index is 2.50. The number of methoxy groups -OCH3 is 1. The highest BCUT2D eigenvalue weighted by Gasteiger charge is 2.26. The average molecular weight is 335 g/mol. The first-order valence-electron chi connectivity index (χ1n) is 7.49. The third-order valence-corrected chi connectivity index (χ3v) is 2.94. The molecular formula is C16H21N3O5. The summed E-state index contributed by atoms with van der Waals surface area (Å²) in [5.41, 5.74) is -0.157. The van der Waals surface area contributed by atoms with Crippen LogP contribution in [0.5, 0.6) is 5.75 Å². The number of rotatable bonds is 4. The summed E-state index contributed by atoms with van der Waals surface area (Å²) in [4.78, 5) is 24.4. The Labute approximate surface area is 139 Å². The number of hydrogen-bond donors (Lipinski definition) is 1. The third kappa shape index (κ3) is 3.76. The van der Waals surface area contributed by atoms with E-state index in [4.69, 9.17) is 14.2 Å². The lowest BCUT2D eigenvalue weighted by Crippen LogP contribution is -2.28. The molecule has 1 amide bonds. The summed E-state index contributed by atoms with van der Waals surface area (Å²) in [5.74, 6) is -0.124. The van der Waals surface area contributed by atoms with E-state index in [-0.39, 0.29) is 18.0 Å². The summed E-state index contributed by atoms with van der Waals surface area (Å²) < 4.78 is 17.0. The fourth-order valence-corrected chi connectivity index (χ4v) is 2.12. The Morgan fingerprint density at radius 3 is 2.62 bits per heavy atom. The van der Waals surface area contributed by atoms with Gasteiger partial charge in [-0.2, -0.15) is 0 Å². The van der Waals surface area contributed by atoms with Gasteiger partial charge in [-0.25, -0.2) is 14.1 Å². The quantitative estimate of drug-likeness (QED) is 0.864. The predicted molar refractivity (Wildman–Crippen MR) is 87.6 cm³/mol. The number of nitrogens with zero attached hydrogens (tertiary/aromatic N) is 2. The second-order valence-corrected chi connectivity index (χ2v) is 5.94. The lowest BCUT2D eigenvalue weighted by Gasteiger charge is -2.19. The van der Waals surface area contributed by atoms with E-state index in [0.717, 1.165) is 0 Å². The Kier molecular flexibility index (Phi) is 4.96. The molecule has 0 unspecified atom stereocenters. The maximum atomic E-state index is 12.4. The molecular weight excluding hydrogens is 314 g/mol. The Morgan fingerprint density at radius 2 is 2.04 bits per heavy atom. The molecule has 24 heavy (non-hydrogen) atoms. The van der Waals surface area contributed by atoms with E-state index in [1.54, 1.807) is 46.0 Å². The van der Waals surface area contributed by atoms with Crippen LogP contribution in [0.25, 0.3) is 5.52 Å². The number of carbonyl (C=O) groups is 2. The van der Waals surface area contributed by atoms with E-state index < -0.39 is 17.7 Å². The minimum Gasteiger partial charge on any atom is -0.494 e. The monoisotopic (exact) mass is 335 g/mol. The fraction of sp³-hybridized carbons (Fsp3) is 0.438. The molecule has 130 valence electrons. The predicted octanol–water partition coefficient (Wildman–Crippen LogP) is 2.87. The van der Waals surface area contributed by atoms with Gasteiger partial charge in [0, 0.05) is 6.20 Å². The van der Waals surface area contributed by atoms with Crippen LogP contribution in [0, 0.1) is 0 Å². The lowest BCUT2D eigenvalue weighted by atomic mass is 10.2. The van der Waals surface area contributed by atoms with Crippen molar-refractivity contribution in [3.63, 3.8) is 0 Å². The summed E-state index contributed by atoms with van der Waals surface area (Å²) >= 11 is 0. The van der Waals surface area contributed by atoms with Gasteiger partial charge in [0.1, 0.15) is 22.4 Å². The highest BCUT2D eigenvalue weighted by Crippen LogP contribution is 2.29. The normalized spacial score (nSPS) is 11.2. The van der Waals surface area contributed by atoms with E-state index >= 15 is 0 Å². The summed E-state index contributed by atoms with van der Waals surface area (Å²) in [6, 6.07) is 3.40. The molecule has 1 N–H and O–H groups in total. The number of pyridine rings is 1. The number of ether oxygens (including phenoxy) is 3. The maximum absolute atomic E-state index is 12.4. The van der Waals surface area contributed by atoms with Gasteiger partial charge in [0.05, 0.1) is 13.7 Å². The van der Waals surface area contributed by atoms with E-state index in [0.29, 0.717) is 11.3 Å². The van der Waals surface area contributed by atoms with Crippen LogP contribution in [0.3, 0.4) is 0 Å². The van der Waals surface area contributed by atoms with Crippen molar-refractivity contribution in [3.8, 4) is 5.75 Å². The van der Waals surface area contributed by atoms with Crippen LogP contribution >= 0.6 is 0 Å². The summed E-state index contributed by atoms with van der Waals surface area (Å²) in [6.07, 6.45) is 0.927. The molecule has 0 saturated heterocycles. The molecule has 0 fully saturated rings. The molecule has 0 aliphatic heterocycles. The zero-order valence-corrected chi connectivity index (χ0v) is 14.4. The van der Waals surface area contributed by atoms with Crippen LogP contribution in [0.1, 0.15) is 38.1 Å². The van der Waals surface area contributed by atoms with E-state index in [1.165, 1.54) is 11.6 Å². The zero-order valence-electron chi connectivity index (χ0n) is 14.4. The van der Waals surface area contributed by atoms with Crippen molar-refractivity contribution in [3.05, 3.63) is 23.9 Å². The Morgan fingerprint density at radius 1 is 1.33 bits per heavy atom. The molecule has 0 bridgehead atoms. The lowest BCUT2D eigenvalue weighted by molar-refractivity contribution is 0.0529. The van der Waals surface area contributed by atoms with E-state index in [1.807, 2.05) is 0 Å². The first-order valence-corrected chi connectivity index (χ1v) is 7.49. The molecule has 2 aromatic rings. The van der Waals surface area contributed by atoms with Gasteiger partial charge in [-0.3, -0.25) is 5.32 Å². The minimum absolute atomic E-state index is 0.0483. The molecule has 0 aliphatic rings. The van der Waals surface area contributed by atoms with Crippen molar-refractivity contribution in [1.82, 2.24) is 9.61 Å². The first-order chi connectivity index (χ1) is 11.3. The van der Waals surface area contributed by atoms with Crippen LogP contribution in [0.2, 0.25) is 0 Å². The molecule has 8 nitrogen and oxygen atoms in total. The average Bonchev–Trinajstić information content (AvgIpc) is 2.82. The maximum Gasteiger partial charge on any atom is 0.413 e. The van der Waals surface area contributed by atoms with Gasteiger partial charge in [0.15, 0.2) is 5.82 Å². The fourth-order valence-electron chi connectivity index (χ4n) is 2.12. The van der Waals surface area contributed by atoms with Crippen molar-refractivity contribution in [1.29, 1.82) is 0 Å². The largest absolute Gasteiger partial charge is 0.494 e. The Hall–Kier alpha value is -2.77. The smallest absolute Gasteiger partial charge is 0.413 e. The van der Waals surface area contributed by atoms with Crippen molar-refractivity contribution in [2.24, 2.45) is 0 Å². The summed E-state index contributed by atoms with van der Waals surface area (Å²) in [7, 11) is 1.48. The number of nitrogens with one attached hydrogen (secondary N) is 1. The molecule has 8 heteroatoms. The molecule has 2 heterocycles. The number of anilines is 1. The molecule has 0 saturated carbocycles. The van der Waals surface area contributed by atoms with E-state index in [2.05, 4.69) is 10.4 Å². The van der Waals surface area contributed by atoms with Crippen LogP contribution in [0.4, 0.5) is 10.6 Å². The van der Waals surface area contributed by atoms with Gasteiger partial charge < -0.3 is 14.2 Å². The molecule has 2 rings (SSSR count). The topological polar surface area (TPSA) is 91.2 Å². The van der Waals surface area contributed by atoms with E-state index in [9.17, 15) is 9.59 Å². The second kappa shape index (κ2) is 6.77. The SMILES string of the molecule is CCOC(=O)c1c(NC(=O)OC(C)(C)C)nn2cccc(OC)c12. The molecule has 0 atom stereocenters. The summed E-state index contributed by atoms with van der Waals surface area (Å²) in [6.45, 7) is 7.11. The molecule has 2 aromatic heterocycles. The minimum atomic E-state index is -0.713. The number of carbonyl (C=O) groups excluding carboxylic acids is 2. The first kappa shape index (κ1) is 17.6. The van der Waals surface area contributed by atoms with Crippen molar-refractivity contribution in [2.75, 3.05) is 19.0 Å². The second-order valence-electron chi connectivity index (χ2n) is 5.94. The number of aromatic nitrogens is 2. The van der Waals surface area contributed by atoms with Crippen molar-refractivity contribution < 1.29 is 23.8 Å². The van der Waals surface area contributed by atoms with Crippen LogP contribution in [0.15, 0.2) is 18.3 Å². The number of hydrogen-bond acceptors (Lipinski definition) is 6. The van der Waals surface area contributed by atoms with Crippen molar-refractivity contribution >= 4 is 23.4 Å². The highest BCUT2D eigenvalue weighted by atomic mass is 16.6. The van der Waals surface area contributed by atoms with Crippen LogP contribution in [-0.2, 0) is 9.47 Å². The van der Waals surface area contributed by atoms with Gasteiger partial charge in [-0.15, -0.1) is 5.10 Å². The number of amides is 1. The third-order valence-electron chi connectivity index (χ3n) is 2.94. The van der Waals surface area contributed by atoms with Crippen LogP contribution < -0.4 is 10.1 Å². The zero-order chi connectivity index (χ0) is 17.9. The highest BCUT2D eigenvalue weighted by molar-refractivity contribution is 6.06. The molecule has 0 radical (unpaired) electrons. The van der Waals surface area contributed by atoms with Gasteiger partial charge >= 0.3 is 12.1 Å². The Bertz CT molecular complexity index is 761. The van der Waals surface area contributed by atoms with Gasteiger partial charge in [-0.05, 0) is 39.8 Å². The molecule has 0 spiro atoms. The number of fused-ring (bicyclic) bond motifs is 1. The van der Waals surface area contributed by atoms with Gasteiger partial charge in [-0.1, -0.05) is 0 Å². The van der Waals surface area contributed by atoms with Gasteiger partial charge in [0.2, 0.25) is 0 Å². The number of esters is 1. The van der Waals surface area contributed by atoms with Crippen LogP contribution in [-0.4, -0.2) is 41.0 Å². The van der Waals surface area contributed by atoms with Crippen molar-refractivity contribution in [2.45, 2.75) is 33.3 Å². The standard InChI is InChI=1S/C16H21N3O5/c1-6-23-14(20)11-12-10(22-5)8-7-9-19(12)18-13(11)17-15(21)24-16(2,3)4/h7-9H,6H2,1-5H3,(H,17,18,21). The van der Waals surface area contributed by atoms with Gasteiger partial charge in [0.25, 0.3) is 0 Å². The summed E-state index contributed by atoms with van der Waals surface area (Å²) in [5, 5.41) is 6.72. The molecule has 0 aromatic carbocycles.